The number of ether oxygens (including phenoxy) is 1. The van der Waals surface area contributed by atoms with Gasteiger partial charge in [-0.3, -0.25) is 4.68 Å². The first kappa shape index (κ1) is 17.0. The highest BCUT2D eigenvalue weighted by Crippen LogP contribution is 2.34. The van der Waals surface area contributed by atoms with Crippen molar-refractivity contribution in [1.82, 2.24) is 9.78 Å². The first-order valence-corrected chi connectivity index (χ1v) is 8.24. The molecule has 6 heteroatoms. The maximum absolute atomic E-state index is 11.7. The summed E-state index contributed by atoms with van der Waals surface area (Å²) in [5, 5.41) is 14.6. The number of carboxylic acids is 1. The number of aromatic nitrogens is 2. The number of hydrogen-bond acceptors (Lipinski definition) is 3. The quantitative estimate of drug-likeness (QED) is 0.709. The highest BCUT2D eigenvalue weighted by Gasteiger charge is 2.23. The molecule has 0 fully saturated rings. The zero-order chi connectivity index (χ0) is 17.8. The average molecular weight is 357 g/mol. The molecule has 0 saturated carbocycles. The van der Waals surface area contributed by atoms with E-state index in [0.29, 0.717) is 27.6 Å². The van der Waals surface area contributed by atoms with Gasteiger partial charge in [0.05, 0.1) is 5.69 Å². The van der Waals surface area contributed by atoms with Crippen LogP contribution in [0, 0.1) is 0 Å². The number of nitrogens with zero attached hydrogens (tertiary/aromatic N) is 2. The minimum absolute atomic E-state index is 0.419. The summed E-state index contributed by atoms with van der Waals surface area (Å²) in [5.74, 6) is -0.645. The fraction of sp³-hybridized carbons (Fsp3) is 0.158. The van der Waals surface area contributed by atoms with Crippen molar-refractivity contribution in [2.24, 2.45) is 0 Å². The Hall–Kier alpha value is -2.79. The molecule has 0 bridgehead atoms. The minimum atomic E-state index is -1.12. The standard InChI is InChI=1S/C19H17ClN2O3/c1-2-22-11-10-16(21-22)15-12-14(20)8-9-17(15)25-18(19(23)24)13-6-4-3-5-7-13/h3-12,18H,2H2,1H3,(H,23,24). The number of aryl methyl sites for hydroxylation is 1. The second-order valence-electron chi connectivity index (χ2n) is 5.44. The molecule has 1 heterocycles. The second-order valence-corrected chi connectivity index (χ2v) is 5.88. The van der Waals surface area contributed by atoms with Gasteiger partial charge in [0.15, 0.2) is 0 Å². The maximum atomic E-state index is 11.7. The molecule has 3 rings (SSSR count). The molecule has 0 spiro atoms. The largest absolute Gasteiger partial charge is 0.478 e. The molecule has 1 aromatic heterocycles. The number of aliphatic carboxylic acids is 1. The predicted molar refractivity (Wildman–Crippen MR) is 95.8 cm³/mol. The Bertz CT molecular complexity index is 877. The predicted octanol–water partition coefficient (Wildman–Crippen LogP) is 4.43. The second kappa shape index (κ2) is 7.40. The molecule has 128 valence electrons. The van der Waals surface area contributed by atoms with Gasteiger partial charge in [-0.15, -0.1) is 0 Å². The monoisotopic (exact) mass is 356 g/mol. The molecule has 0 saturated heterocycles. The third-order valence-corrected chi connectivity index (χ3v) is 3.99. The molecular formula is C19H17ClN2O3. The molecule has 0 radical (unpaired) electrons. The highest BCUT2D eigenvalue weighted by molar-refractivity contribution is 6.30. The van der Waals surface area contributed by atoms with E-state index in [-0.39, 0.29) is 0 Å². The van der Waals surface area contributed by atoms with Crippen molar-refractivity contribution in [2.45, 2.75) is 19.6 Å². The summed E-state index contributed by atoms with van der Waals surface area (Å²) in [6.45, 7) is 2.72. The fourth-order valence-corrected chi connectivity index (χ4v) is 2.67. The zero-order valence-electron chi connectivity index (χ0n) is 13.6. The summed E-state index contributed by atoms with van der Waals surface area (Å²) in [4.78, 5) is 11.7. The Labute approximate surface area is 150 Å². The summed E-state index contributed by atoms with van der Waals surface area (Å²) in [5.41, 5.74) is 1.90. The third kappa shape index (κ3) is 3.83. The molecular weight excluding hydrogens is 340 g/mol. The molecule has 0 aliphatic carbocycles. The Morgan fingerprint density at radius 2 is 2.00 bits per heavy atom. The Morgan fingerprint density at radius 1 is 1.24 bits per heavy atom. The van der Waals surface area contributed by atoms with Crippen LogP contribution in [0.4, 0.5) is 0 Å². The topological polar surface area (TPSA) is 64.3 Å². The summed E-state index contributed by atoms with van der Waals surface area (Å²) >= 11 is 6.12. The third-order valence-electron chi connectivity index (χ3n) is 3.75. The first-order chi connectivity index (χ1) is 12.1. The van der Waals surface area contributed by atoms with Crippen molar-refractivity contribution in [2.75, 3.05) is 0 Å². The van der Waals surface area contributed by atoms with Gasteiger partial charge in [0, 0.05) is 28.9 Å². The van der Waals surface area contributed by atoms with Gasteiger partial charge in [-0.2, -0.15) is 5.10 Å². The van der Waals surface area contributed by atoms with Crippen LogP contribution in [0.1, 0.15) is 18.6 Å². The van der Waals surface area contributed by atoms with Crippen molar-refractivity contribution < 1.29 is 14.6 Å². The minimum Gasteiger partial charge on any atom is -0.478 e. The van der Waals surface area contributed by atoms with Crippen molar-refractivity contribution in [3.8, 4) is 17.0 Å². The highest BCUT2D eigenvalue weighted by atomic mass is 35.5. The van der Waals surface area contributed by atoms with Gasteiger partial charge in [-0.05, 0) is 31.2 Å². The molecule has 3 aromatic rings. The van der Waals surface area contributed by atoms with Gasteiger partial charge >= 0.3 is 5.97 Å². The number of carboxylic acid groups (broad SMARTS) is 1. The van der Waals surface area contributed by atoms with Gasteiger partial charge in [-0.1, -0.05) is 41.9 Å². The Kier molecular flexibility index (Phi) is 5.05. The molecule has 0 amide bonds. The van der Waals surface area contributed by atoms with E-state index in [2.05, 4.69) is 5.10 Å². The van der Waals surface area contributed by atoms with Crippen LogP contribution >= 0.6 is 11.6 Å². The van der Waals surface area contributed by atoms with Gasteiger partial charge in [0.1, 0.15) is 5.75 Å². The average Bonchev–Trinajstić information content (AvgIpc) is 3.10. The van der Waals surface area contributed by atoms with E-state index < -0.39 is 12.1 Å². The maximum Gasteiger partial charge on any atom is 0.349 e. The van der Waals surface area contributed by atoms with Crippen LogP contribution in [0.2, 0.25) is 5.02 Å². The van der Waals surface area contributed by atoms with E-state index in [1.165, 1.54) is 0 Å². The molecule has 5 nitrogen and oxygen atoms in total. The van der Waals surface area contributed by atoms with Crippen LogP contribution in [0.25, 0.3) is 11.3 Å². The van der Waals surface area contributed by atoms with Crippen LogP contribution in [0.3, 0.4) is 0 Å². The van der Waals surface area contributed by atoms with Crippen molar-refractivity contribution in [3.05, 3.63) is 71.4 Å². The van der Waals surface area contributed by atoms with Crippen LogP contribution in [-0.4, -0.2) is 20.9 Å². The summed E-state index contributed by atoms with van der Waals surface area (Å²) < 4.78 is 7.62. The SMILES string of the molecule is CCn1ccc(-c2cc(Cl)ccc2OC(C(=O)O)c2ccccc2)n1. The molecule has 25 heavy (non-hydrogen) atoms. The Balaban J connectivity index is 2.00. The Morgan fingerprint density at radius 3 is 2.64 bits per heavy atom. The molecule has 1 N–H and O–H groups in total. The molecule has 1 unspecified atom stereocenters. The number of carbonyl (C=O) groups is 1. The van der Waals surface area contributed by atoms with Gasteiger partial charge in [-0.25, -0.2) is 4.79 Å². The number of hydrogen-bond donors (Lipinski definition) is 1. The molecule has 2 aromatic carbocycles. The fourth-order valence-electron chi connectivity index (χ4n) is 2.50. The van der Waals surface area contributed by atoms with Crippen molar-refractivity contribution >= 4 is 17.6 Å². The van der Waals surface area contributed by atoms with E-state index in [1.807, 2.05) is 25.3 Å². The van der Waals surface area contributed by atoms with Gasteiger partial charge in [0.2, 0.25) is 6.10 Å². The van der Waals surface area contributed by atoms with Crippen molar-refractivity contribution in [1.29, 1.82) is 0 Å². The van der Waals surface area contributed by atoms with E-state index in [4.69, 9.17) is 16.3 Å². The summed E-state index contributed by atoms with van der Waals surface area (Å²) in [6, 6.07) is 15.7. The first-order valence-electron chi connectivity index (χ1n) is 7.86. The van der Waals surface area contributed by atoms with E-state index in [1.54, 1.807) is 47.1 Å². The smallest absolute Gasteiger partial charge is 0.349 e. The van der Waals surface area contributed by atoms with E-state index in [9.17, 15) is 9.90 Å². The number of halogens is 1. The van der Waals surface area contributed by atoms with Gasteiger partial charge < -0.3 is 9.84 Å². The summed E-state index contributed by atoms with van der Waals surface area (Å²) in [7, 11) is 0. The van der Waals surface area contributed by atoms with E-state index >= 15 is 0 Å². The van der Waals surface area contributed by atoms with Crippen LogP contribution in [-0.2, 0) is 11.3 Å². The lowest BCUT2D eigenvalue weighted by molar-refractivity contribution is -0.145. The number of rotatable bonds is 6. The normalized spacial score (nSPS) is 11.9. The van der Waals surface area contributed by atoms with Crippen LogP contribution in [0.5, 0.6) is 5.75 Å². The molecule has 0 aliphatic rings. The van der Waals surface area contributed by atoms with Crippen LogP contribution < -0.4 is 4.74 Å². The van der Waals surface area contributed by atoms with Crippen LogP contribution in [0.15, 0.2) is 60.8 Å². The van der Waals surface area contributed by atoms with Crippen molar-refractivity contribution in [3.63, 3.8) is 0 Å². The van der Waals surface area contributed by atoms with Gasteiger partial charge in [0.25, 0.3) is 0 Å². The van der Waals surface area contributed by atoms with E-state index in [0.717, 1.165) is 6.54 Å². The lowest BCUT2D eigenvalue weighted by atomic mass is 10.1. The summed E-state index contributed by atoms with van der Waals surface area (Å²) in [6.07, 6.45) is 0.737. The lowest BCUT2D eigenvalue weighted by Gasteiger charge is -2.17. The number of benzene rings is 2. The zero-order valence-corrected chi connectivity index (χ0v) is 14.3. The molecule has 1 atom stereocenters. The lowest BCUT2D eigenvalue weighted by Crippen LogP contribution is -2.18. The molecule has 0 aliphatic heterocycles.